The number of aromatic hydroxyl groups is 1. The van der Waals surface area contributed by atoms with E-state index in [0.29, 0.717) is 37.8 Å². The van der Waals surface area contributed by atoms with E-state index >= 15 is 0 Å². The minimum Gasteiger partial charge on any atom is -0.504 e. The van der Waals surface area contributed by atoms with Crippen molar-refractivity contribution in [3.63, 3.8) is 0 Å². The molecule has 138 valence electrons. The summed E-state index contributed by atoms with van der Waals surface area (Å²) in [4.78, 5) is 19.1. The number of thiazole rings is 1. The van der Waals surface area contributed by atoms with E-state index in [1.807, 2.05) is 35.2 Å². The number of carbonyl (C=O) groups is 1. The molecule has 1 saturated carbocycles. The summed E-state index contributed by atoms with van der Waals surface area (Å²) in [6, 6.07) is 11.7. The van der Waals surface area contributed by atoms with Crippen LogP contribution in [0, 0.1) is 5.92 Å². The maximum Gasteiger partial charge on any atom is 0.223 e. The zero-order chi connectivity index (χ0) is 18.4. The van der Waals surface area contributed by atoms with Crippen LogP contribution in [-0.2, 0) is 11.3 Å². The molecule has 0 bridgehead atoms. The highest BCUT2D eigenvalue weighted by atomic mass is 32.1. The second-order valence-electron chi connectivity index (χ2n) is 7.28. The molecular formula is C21H20N2O3S. The van der Waals surface area contributed by atoms with Gasteiger partial charge in [-0.3, -0.25) is 4.79 Å². The Kier molecular flexibility index (Phi) is 4.01. The number of aromatic nitrogens is 1. The summed E-state index contributed by atoms with van der Waals surface area (Å²) in [5.41, 5.74) is 2.64. The summed E-state index contributed by atoms with van der Waals surface area (Å²) in [5, 5.41) is 11.4. The van der Waals surface area contributed by atoms with Crippen LogP contribution in [0.4, 0.5) is 0 Å². The molecule has 1 aliphatic carbocycles. The maximum atomic E-state index is 12.6. The molecule has 1 amide bonds. The van der Waals surface area contributed by atoms with Gasteiger partial charge in [-0.25, -0.2) is 4.98 Å². The lowest BCUT2D eigenvalue weighted by Gasteiger charge is -2.20. The summed E-state index contributed by atoms with van der Waals surface area (Å²) in [5.74, 6) is 1.34. The Balaban J connectivity index is 1.49. The maximum absolute atomic E-state index is 12.6. The molecule has 2 aromatic carbocycles. The van der Waals surface area contributed by atoms with Gasteiger partial charge in [-0.05, 0) is 43.0 Å². The Labute approximate surface area is 161 Å². The van der Waals surface area contributed by atoms with Crippen molar-refractivity contribution in [3.05, 3.63) is 42.0 Å². The molecule has 2 heterocycles. The van der Waals surface area contributed by atoms with Crippen molar-refractivity contribution in [1.29, 1.82) is 0 Å². The van der Waals surface area contributed by atoms with Crippen LogP contribution in [0.15, 0.2) is 36.4 Å². The SMILES string of the molecule is O=C(CC1CC1)N1CCOc2c(O)cc(-c3nc4ccccc4s3)cc2C1. The summed E-state index contributed by atoms with van der Waals surface area (Å²) >= 11 is 1.60. The third kappa shape index (κ3) is 3.25. The molecule has 1 aliphatic heterocycles. The van der Waals surface area contributed by atoms with E-state index in [1.165, 1.54) is 0 Å². The van der Waals surface area contributed by atoms with Crippen LogP contribution < -0.4 is 4.74 Å². The summed E-state index contributed by atoms with van der Waals surface area (Å²) < 4.78 is 6.88. The van der Waals surface area contributed by atoms with Crippen molar-refractivity contribution in [2.75, 3.05) is 13.2 Å². The molecule has 6 heteroatoms. The van der Waals surface area contributed by atoms with E-state index in [0.717, 1.165) is 39.2 Å². The number of amides is 1. The molecule has 2 aliphatic rings. The number of rotatable bonds is 3. The first-order valence-corrected chi connectivity index (χ1v) is 10.1. The molecule has 5 rings (SSSR count). The number of fused-ring (bicyclic) bond motifs is 2. The minimum absolute atomic E-state index is 0.109. The van der Waals surface area contributed by atoms with Gasteiger partial charge in [0.1, 0.15) is 11.6 Å². The lowest BCUT2D eigenvalue weighted by Crippen LogP contribution is -2.32. The molecule has 0 radical (unpaired) electrons. The topological polar surface area (TPSA) is 62.7 Å². The van der Waals surface area contributed by atoms with Gasteiger partial charge in [0.05, 0.1) is 16.8 Å². The molecular weight excluding hydrogens is 360 g/mol. The van der Waals surface area contributed by atoms with Crippen molar-refractivity contribution in [2.45, 2.75) is 25.8 Å². The van der Waals surface area contributed by atoms with E-state index in [2.05, 4.69) is 4.98 Å². The molecule has 1 fully saturated rings. The average Bonchev–Trinajstić information content (AvgIpc) is 3.41. The Bertz CT molecular complexity index is 992. The van der Waals surface area contributed by atoms with Gasteiger partial charge in [-0.1, -0.05) is 12.1 Å². The van der Waals surface area contributed by atoms with Gasteiger partial charge < -0.3 is 14.7 Å². The van der Waals surface area contributed by atoms with Gasteiger partial charge in [0.25, 0.3) is 0 Å². The van der Waals surface area contributed by atoms with Gasteiger partial charge in [-0.2, -0.15) is 0 Å². The molecule has 27 heavy (non-hydrogen) atoms. The number of phenolic OH excluding ortho intramolecular Hbond substituents is 1. The third-order valence-corrected chi connectivity index (χ3v) is 6.25. The summed E-state index contributed by atoms with van der Waals surface area (Å²) in [6.07, 6.45) is 2.95. The molecule has 0 unspecified atom stereocenters. The van der Waals surface area contributed by atoms with Crippen LogP contribution in [0.3, 0.4) is 0 Å². The van der Waals surface area contributed by atoms with Crippen LogP contribution in [-0.4, -0.2) is 34.0 Å². The fourth-order valence-electron chi connectivity index (χ4n) is 3.53. The van der Waals surface area contributed by atoms with Crippen molar-refractivity contribution < 1.29 is 14.6 Å². The molecule has 1 aromatic heterocycles. The van der Waals surface area contributed by atoms with Crippen LogP contribution in [0.25, 0.3) is 20.8 Å². The van der Waals surface area contributed by atoms with Gasteiger partial charge in [0.2, 0.25) is 5.91 Å². The standard InChI is InChI=1S/C21H20N2O3S/c24-17-11-14(21-22-16-3-1-2-4-18(16)27-21)10-15-12-23(7-8-26-20(15)17)19(25)9-13-5-6-13/h1-4,10-11,13,24H,5-9,12H2. The molecule has 5 nitrogen and oxygen atoms in total. The van der Waals surface area contributed by atoms with Gasteiger partial charge in [-0.15, -0.1) is 11.3 Å². The number of phenols is 1. The Morgan fingerprint density at radius 2 is 2.15 bits per heavy atom. The van der Waals surface area contributed by atoms with E-state index in [9.17, 15) is 9.90 Å². The van der Waals surface area contributed by atoms with Crippen molar-refractivity contribution in [1.82, 2.24) is 9.88 Å². The number of ether oxygens (including phenoxy) is 1. The van der Waals surface area contributed by atoms with E-state index in [1.54, 1.807) is 17.4 Å². The lowest BCUT2D eigenvalue weighted by molar-refractivity contribution is -0.132. The Morgan fingerprint density at radius 1 is 1.30 bits per heavy atom. The normalized spacial score (nSPS) is 16.7. The second kappa shape index (κ2) is 6.53. The zero-order valence-corrected chi connectivity index (χ0v) is 15.7. The largest absolute Gasteiger partial charge is 0.504 e. The molecule has 3 aromatic rings. The first-order valence-electron chi connectivity index (χ1n) is 9.30. The van der Waals surface area contributed by atoms with Crippen LogP contribution >= 0.6 is 11.3 Å². The fraction of sp³-hybridized carbons (Fsp3) is 0.333. The van der Waals surface area contributed by atoms with Gasteiger partial charge in [0.15, 0.2) is 11.5 Å². The van der Waals surface area contributed by atoms with Crippen molar-refractivity contribution in [3.8, 4) is 22.1 Å². The van der Waals surface area contributed by atoms with Crippen LogP contribution in [0.2, 0.25) is 0 Å². The quantitative estimate of drug-likeness (QED) is 0.740. The monoisotopic (exact) mass is 380 g/mol. The number of hydrogen-bond donors (Lipinski definition) is 1. The smallest absolute Gasteiger partial charge is 0.223 e. The number of para-hydroxylation sites is 1. The number of carbonyl (C=O) groups excluding carboxylic acids is 1. The predicted molar refractivity (Wildman–Crippen MR) is 105 cm³/mol. The minimum atomic E-state index is 0.109. The number of nitrogens with zero attached hydrogens (tertiary/aromatic N) is 2. The fourth-order valence-corrected chi connectivity index (χ4v) is 4.48. The average molecular weight is 380 g/mol. The number of hydrogen-bond acceptors (Lipinski definition) is 5. The summed E-state index contributed by atoms with van der Waals surface area (Å²) in [7, 11) is 0. The van der Waals surface area contributed by atoms with E-state index < -0.39 is 0 Å². The highest BCUT2D eigenvalue weighted by molar-refractivity contribution is 7.21. The zero-order valence-electron chi connectivity index (χ0n) is 14.9. The highest BCUT2D eigenvalue weighted by Crippen LogP contribution is 2.40. The highest BCUT2D eigenvalue weighted by Gasteiger charge is 2.29. The first kappa shape index (κ1) is 16.6. The van der Waals surface area contributed by atoms with Crippen LogP contribution in [0.5, 0.6) is 11.5 Å². The number of benzene rings is 2. The van der Waals surface area contributed by atoms with E-state index in [4.69, 9.17) is 4.74 Å². The Hall–Kier alpha value is -2.60. The van der Waals surface area contributed by atoms with Gasteiger partial charge >= 0.3 is 0 Å². The lowest BCUT2D eigenvalue weighted by atomic mass is 10.1. The van der Waals surface area contributed by atoms with Crippen LogP contribution in [0.1, 0.15) is 24.8 Å². The molecule has 0 atom stereocenters. The first-order chi connectivity index (χ1) is 13.2. The van der Waals surface area contributed by atoms with Gasteiger partial charge in [0, 0.05) is 24.1 Å². The summed E-state index contributed by atoms with van der Waals surface area (Å²) in [6.45, 7) is 1.42. The van der Waals surface area contributed by atoms with Crippen molar-refractivity contribution in [2.24, 2.45) is 5.92 Å². The second-order valence-corrected chi connectivity index (χ2v) is 8.31. The molecule has 0 spiro atoms. The Morgan fingerprint density at radius 3 is 2.96 bits per heavy atom. The van der Waals surface area contributed by atoms with E-state index in [-0.39, 0.29) is 11.7 Å². The molecule has 0 saturated heterocycles. The molecule has 1 N–H and O–H groups in total. The predicted octanol–water partition coefficient (Wildman–Crippen LogP) is 4.19. The van der Waals surface area contributed by atoms with Crippen molar-refractivity contribution >= 4 is 27.5 Å². The third-order valence-electron chi connectivity index (χ3n) is 5.17.